The van der Waals surface area contributed by atoms with Gasteiger partial charge in [0.25, 0.3) is 0 Å². The molecule has 2 N–H and O–H groups in total. The van der Waals surface area contributed by atoms with Crippen molar-refractivity contribution in [3.05, 3.63) is 36.0 Å². The number of alkyl halides is 6. The minimum Gasteiger partial charge on any atom is -0.393 e. The molecule has 1 aliphatic rings. The fraction of sp³-hybridized carbons (Fsp3) is 0.636. The molecule has 8 heteroatoms. The number of allylic oxidation sites excluding steroid dienone is 4. The summed E-state index contributed by atoms with van der Waals surface area (Å²) in [4.78, 5) is 0. The molecule has 0 aromatic heterocycles. The maximum atomic E-state index is 12.6. The summed E-state index contributed by atoms with van der Waals surface area (Å²) in [6, 6.07) is 0. The lowest BCUT2D eigenvalue weighted by Gasteiger charge is -2.27. The van der Waals surface area contributed by atoms with Crippen molar-refractivity contribution in [2.24, 2.45) is 5.41 Å². The smallest absolute Gasteiger partial charge is 0.393 e. The number of aliphatic hydroxyl groups is 2. The largest absolute Gasteiger partial charge is 0.438 e. The lowest BCUT2D eigenvalue weighted by molar-refractivity contribution is -0.343. The van der Waals surface area contributed by atoms with Gasteiger partial charge in [0, 0.05) is 6.42 Å². The Kier molecular flexibility index (Phi) is 8.82. The molecule has 1 atom stereocenters. The predicted octanol–water partition coefficient (Wildman–Crippen LogP) is 6.02. The predicted molar refractivity (Wildman–Crippen MR) is 103 cm³/mol. The van der Waals surface area contributed by atoms with Gasteiger partial charge in [0.15, 0.2) is 0 Å². The van der Waals surface area contributed by atoms with E-state index >= 15 is 0 Å². The number of rotatable bonds is 6. The first-order valence-corrected chi connectivity index (χ1v) is 9.67. The summed E-state index contributed by atoms with van der Waals surface area (Å²) >= 11 is 0. The van der Waals surface area contributed by atoms with Gasteiger partial charge in [-0.25, -0.2) is 0 Å². The van der Waals surface area contributed by atoms with Gasteiger partial charge < -0.3 is 10.2 Å². The van der Waals surface area contributed by atoms with Gasteiger partial charge in [0.05, 0.1) is 6.10 Å². The Bertz CT molecular complexity index is 703. The second-order valence-electron chi connectivity index (χ2n) is 8.36. The third kappa shape index (κ3) is 7.51. The fourth-order valence-corrected chi connectivity index (χ4v) is 2.97. The second-order valence-corrected chi connectivity index (χ2v) is 8.36. The van der Waals surface area contributed by atoms with E-state index in [1.165, 1.54) is 0 Å². The Morgan fingerprint density at radius 1 is 1.13 bits per heavy atom. The van der Waals surface area contributed by atoms with Crippen LogP contribution in [0.4, 0.5) is 26.3 Å². The van der Waals surface area contributed by atoms with Gasteiger partial charge in [0.1, 0.15) is 0 Å². The minimum absolute atomic E-state index is 0.215. The van der Waals surface area contributed by atoms with Crippen molar-refractivity contribution >= 4 is 0 Å². The summed E-state index contributed by atoms with van der Waals surface area (Å²) in [6.45, 7) is 7.36. The molecule has 0 spiro atoms. The quantitative estimate of drug-likeness (QED) is 0.303. The molecule has 0 aromatic carbocycles. The van der Waals surface area contributed by atoms with Crippen LogP contribution in [0, 0.1) is 17.3 Å². The summed E-state index contributed by atoms with van der Waals surface area (Å²) in [6.07, 6.45) is -2.86. The molecule has 0 bridgehead atoms. The number of hydrogen-bond donors (Lipinski definition) is 2. The van der Waals surface area contributed by atoms with Crippen LogP contribution in [0.2, 0.25) is 0 Å². The first kappa shape index (κ1) is 26.3. The van der Waals surface area contributed by atoms with Gasteiger partial charge >= 0.3 is 18.0 Å². The highest BCUT2D eigenvalue weighted by Crippen LogP contribution is 2.42. The van der Waals surface area contributed by atoms with Crippen LogP contribution in [0.5, 0.6) is 0 Å². The van der Waals surface area contributed by atoms with E-state index in [1.54, 1.807) is 13.8 Å². The molecule has 0 heterocycles. The number of unbranched alkanes of at least 4 members (excludes halogenated alkanes) is 1. The van der Waals surface area contributed by atoms with Crippen molar-refractivity contribution in [1.29, 1.82) is 0 Å². The highest BCUT2D eigenvalue weighted by Gasteiger charge is 2.70. The van der Waals surface area contributed by atoms with Crippen molar-refractivity contribution in [2.45, 2.75) is 82.9 Å². The molecule has 1 unspecified atom stereocenters. The van der Waals surface area contributed by atoms with Gasteiger partial charge in [0.2, 0.25) is 0 Å². The standard InChI is InChI=1S/C22H28F6O2/c1-16-10-11-18(29)15-17(16)9-6-4-5-7-12-19(2,3)13-8-14-20(30,21(23,24)25)22(26,27)28/h4,6,9,18,29-30H,1,5,7,10-13,15H2,2-3H3/b6-4+,17-9-. The average molecular weight is 438 g/mol. The third-order valence-electron chi connectivity index (χ3n) is 5.00. The van der Waals surface area contributed by atoms with E-state index < -0.39 is 23.4 Å². The molecule has 30 heavy (non-hydrogen) atoms. The lowest BCUT2D eigenvalue weighted by atomic mass is 9.84. The summed E-state index contributed by atoms with van der Waals surface area (Å²) in [7, 11) is 0. The molecule has 2 nitrogen and oxygen atoms in total. The zero-order valence-corrected chi connectivity index (χ0v) is 17.1. The van der Waals surface area contributed by atoms with Gasteiger partial charge in [-0.3, -0.25) is 0 Å². The molecular weight excluding hydrogens is 410 g/mol. The minimum atomic E-state index is -5.93. The topological polar surface area (TPSA) is 40.5 Å². The first-order chi connectivity index (χ1) is 13.6. The Morgan fingerprint density at radius 2 is 1.73 bits per heavy atom. The van der Waals surface area contributed by atoms with Crippen LogP contribution in [0.25, 0.3) is 0 Å². The summed E-state index contributed by atoms with van der Waals surface area (Å²) < 4.78 is 75.7. The molecule has 1 fully saturated rings. The molecule has 0 aliphatic heterocycles. The molecule has 170 valence electrons. The maximum absolute atomic E-state index is 12.6. The molecule has 1 saturated carbocycles. The molecular formula is C22H28F6O2. The van der Waals surface area contributed by atoms with Crippen LogP contribution in [0.15, 0.2) is 36.0 Å². The first-order valence-electron chi connectivity index (χ1n) is 9.67. The summed E-state index contributed by atoms with van der Waals surface area (Å²) in [5.74, 6) is 2.87. The van der Waals surface area contributed by atoms with E-state index in [4.69, 9.17) is 5.11 Å². The fourth-order valence-electron chi connectivity index (χ4n) is 2.97. The monoisotopic (exact) mass is 438 g/mol. The number of halogens is 6. The number of aliphatic hydroxyl groups excluding tert-OH is 1. The Labute approximate surface area is 173 Å². The van der Waals surface area contributed by atoms with Crippen LogP contribution in [-0.4, -0.2) is 34.3 Å². The van der Waals surface area contributed by atoms with Crippen molar-refractivity contribution < 1.29 is 36.6 Å². The van der Waals surface area contributed by atoms with E-state index in [0.29, 0.717) is 32.1 Å². The summed E-state index contributed by atoms with van der Waals surface area (Å²) in [5, 5.41) is 18.7. The van der Waals surface area contributed by atoms with Crippen molar-refractivity contribution in [2.75, 3.05) is 0 Å². The molecule has 0 radical (unpaired) electrons. The van der Waals surface area contributed by atoms with Gasteiger partial charge in [-0.15, -0.1) is 0 Å². The SMILES string of the molecule is C=C1CCC(O)C/C1=C/C=C/CCCC(C)(C)CC#CC(O)(C(F)(F)F)C(F)(F)F. The molecule has 1 aliphatic carbocycles. The third-order valence-corrected chi connectivity index (χ3v) is 5.00. The maximum Gasteiger partial charge on any atom is 0.438 e. The number of hydrogen-bond acceptors (Lipinski definition) is 2. The van der Waals surface area contributed by atoms with Crippen LogP contribution in [0.1, 0.15) is 58.8 Å². The zero-order valence-electron chi connectivity index (χ0n) is 17.1. The van der Waals surface area contributed by atoms with Gasteiger partial charge in [-0.2, -0.15) is 26.3 Å². The zero-order chi connectivity index (χ0) is 23.2. The normalized spacial score (nSPS) is 20.5. The van der Waals surface area contributed by atoms with Crippen molar-refractivity contribution in [1.82, 2.24) is 0 Å². The van der Waals surface area contributed by atoms with Gasteiger partial charge in [-0.1, -0.05) is 50.1 Å². The van der Waals surface area contributed by atoms with E-state index in [0.717, 1.165) is 23.5 Å². The Morgan fingerprint density at radius 3 is 2.30 bits per heavy atom. The van der Waals surface area contributed by atoms with E-state index in [2.05, 4.69) is 6.58 Å². The highest BCUT2D eigenvalue weighted by molar-refractivity contribution is 5.34. The molecule has 0 aromatic rings. The lowest BCUT2D eigenvalue weighted by Crippen LogP contribution is -2.55. The van der Waals surface area contributed by atoms with Crippen molar-refractivity contribution in [3.63, 3.8) is 0 Å². The van der Waals surface area contributed by atoms with Crippen molar-refractivity contribution in [3.8, 4) is 11.8 Å². The van der Waals surface area contributed by atoms with Crippen LogP contribution < -0.4 is 0 Å². The highest BCUT2D eigenvalue weighted by atomic mass is 19.4. The molecule has 1 rings (SSSR count). The van der Waals surface area contributed by atoms with Gasteiger partial charge in [-0.05, 0) is 55.4 Å². The van der Waals surface area contributed by atoms with Crippen LogP contribution in [0.3, 0.4) is 0 Å². The van der Waals surface area contributed by atoms with Crippen LogP contribution in [-0.2, 0) is 0 Å². The second kappa shape index (κ2) is 10.1. The Hall–Kier alpha value is -1.72. The van der Waals surface area contributed by atoms with Crippen LogP contribution >= 0.6 is 0 Å². The van der Waals surface area contributed by atoms with E-state index in [9.17, 15) is 31.4 Å². The Balaban J connectivity index is 2.57. The van der Waals surface area contributed by atoms with E-state index in [-0.39, 0.29) is 12.5 Å². The summed E-state index contributed by atoms with van der Waals surface area (Å²) in [5.41, 5.74) is -3.63. The molecule has 0 amide bonds. The average Bonchev–Trinajstić information content (AvgIpc) is 2.58. The van der Waals surface area contributed by atoms with E-state index in [1.807, 2.05) is 24.1 Å². The molecule has 0 saturated heterocycles.